The lowest BCUT2D eigenvalue weighted by atomic mass is 10.1. The second-order valence-corrected chi connectivity index (χ2v) is 4.96. The van der Waals surface area contributed by atoms with E-state index >= 15 is 0 Å². The molecule has 110 valence electrons. The van der Waals surface area contributed by atoms with Crippen molar-refractivity contribution in [3.05, 3.63) is 78.0 Å². The number of hydrogen-bond donors (Lipinski definition) is 0. The minimum absolute atomic E-state index is 0.244. The summed E-state index contributed by atoms with van der Waals surface area (Å²) in [4.78, 5) is 8.22. The Morgan fingerprint density at radius 3 is 2.64 bits per heavy atom. The molecule has 2 aromatic carbocycles. The molecule has 1 heterocycles. The van der Waals surface area contributed by atoms with E-state index in [9.17, 15) is 4.39 Å². The van der Waals surface area contributed by atoms with Crippen LogP contribution in [0.1, 0.15) is 11.1 Å². The van der Waals surface area contributed by atoms with E-state index in [1.165, 1.54) is 6.07 Å². The molecule has 0 radical (unpaired) electrons. The summed E-state index contributed by atoms with van der Waals surface area (Å²) in [6.07, 6.45) is 4.80. The Labute approximate surface area is 128 Å². The minimum atomic E-state index is -0.401. The van der Waals surface area contributed by atoms with Crippen molar-refractivity contribution in [1.82, 2.24) is 9.97 Å². The van der Waals surface area contributed by atoms with Gasteiger partial charge in [-0.15, -0.1) is 0 Å². The fraction of sp³-hybridized carbons (Fsp3) is 0.111. The molecule has 0 aliphatic rings. The van der Waals surface area contributed by atoms with E-state index in [0.717, 1.165) is 16.7 Å². The third-order valence-corrected chi connectivity index (χ3v) is 3.36. The molecule has 0 spiro atoms. The molecular weight excluding hydrogens is 279 g/mol. The van der Waals surface area contributed by atoms with Crippen LogP contribution in [0.4, 0.5) is 4.39 Å². The number of aryl methyl sites for hydroxylation is 1. The molecule has 22 heavy (non-hydrogen) atoms. The van der Waals surface area contributed by atoms with E-state index in [-0.39, 0.29) is 5.75 Å². The Morgan fingerprint density at radius 2 is 1.91 bits per heavy atom. The van der Waals surface area contributed by atoms with E-state index in [1.807, 2.05) is 37.3 Å². The SMILES string of the molecule is Cc1cc(OCc2ccccc2)c(F)cc1-c1cnccn1. The molecule has 4 heteroatoms. The van der Waals surface area contributed by atoms with Gasteiger partial charge in [0.1, 0.15) is 6.61 Å². The lowest BCUT2D eigenvalue weighted by molar-refractivity contribution is 0.290. The van der Waals surface area contributed by atoms with Crippen molar-refractivity contribution in [2.75, 3.05) is 0 Å². The quantitative estimate of drug-likeness (QED) is 0.724. The van der Waals surface area contributed by atoms with Gasteiger partial charge in [-0.05, 0) is 30.2 Å². The first-order valence-corrected chi connectivity index (χ1v) is 6.97. The highest BCUT2D eigenvalue weighted by Crippen LogP contribution is 2.28. The predicted molar refractivity (Wildman–Crippen MR) is 82.9 cm³/mol. The first-order chi connectivity index (χ1) is 10.7. The zero-order valence-electron chi connectivity index (χ0n) is 12.2. The second kappa shape index (κ2) is 6.35. The van der Waals surface area contributed by atoms with Crippen LogP contribution in [0.3, 0.4) is 0 Å². The van der Waals surface area contributed by atoms with Crippen LogP contribution in [0.2, 0.25) is 0 Å². The average Bonchev–Trinajstić information content (AvgIpc) is 2.57. The van der Waals surface area contributed by atoms with Gasteiger partial charge in [-0.3, -0.25) is 9.97 Å². The first kappa shape index (κ1) is 14.2. The molecular formula is C18H15FN2O. The fourth-order valence-electron chi connectivity index (χ4n) is 2.22. The normalized spacial score (nSPS) is 10.5. The molecule has 0 amide bonds. The standard InChI is InChI=1S/C18H15FN2O/c1-13-9-18(22-12-14-5-3-2-4-6-14)16(19)10-15(13)17-11-20-7-8-21-17/h2-11H,12H2,1H3. The number of hydrogen-bond acceptors (Lipinski definition) is 3. The molecule has 0 N–H and O–H groups in total. The van der Waals surface area contributed by atoms with E-state index in [4.69, 9.17) is 4.74 Å². The number of rotatable bonds is 4. The van der Waals surface area contributed by atoms with Crippen molar-refractivity contribution in [1.29, 1.82) is 0 Å². The van der Waals surface area contributed by atoms with Gasteiger partial charge >= 0.3 is 0 Å². The summed E-state index contributed by atoms with van der Waals surface area (Å²) in [6.45, 7) is 2.24. The average molecular weight is 294 g/mol. The summed E-state index contributed by atoms with van der Waals surface area (Å²) in [5.41, 5.74) is 3.26. The van der Waals surface area contributed by atoms with Gasteiger partial charge in [0.15, 0.2) is 11.6 Å². The molecule has 3 nitrogen and oxygen atoms in total. The molecule has 0 saturated heterocycles. The van der Waals surface area contributed by atoms with Gasteiger partial charge in [0.2, 0.25) is 0 Å². The Hall–Kier alpha value is -2.75. The Kier molecular flexibility index (Phi) is 4.10. The van der Waals surface area contributed by atoms with Gasteiger partial charge < -0.3 is 4.74 Å². The van der Waals surface area contributed by atoms with Gasteiger partial charge in [0.25, 0.3) is 0 Å². The third kappa shape index (κ3) is 3.11. The monoisotopic (exact) mass is 294 g/mol. The highest BCUT2D eigenvalue weighted by molar-refractivity contribution is 5.64. The van der Waals surface area contributed by atoms with E-state index < -0.39 is 5.82 Å². The summed E-state index contributed by atoms with van der Waals surface area (Å²) in [6, 6.07) is 12.8. The van der Waals surface area contributed by atoms with Crippen LogP contribution in [0.15, 0.2) is 61.1 Å². The number of aromatic nitrogens is 2. The van der Waals surface area contributed by atoms with Crippen LogP contribution < -0.4 is 4.74 Å². The first-order valence-electron chi connectivity index (χ1n) is 6.97. The molecule has 0 atom stereocenters. The van der Waals surface area contributed by atoms with Crippen LogP contribution >= 0.6 is 0 Å². The molecule has 0 saturated carbocycles. The summed E-state index contributed by atoms with van der Waals surface area (Å²) < 4.78 is 19.8. The van der Waals surface area contributed by atoms with Crippen molar-refractivity contribution in [2.24, 2.45) is 0 Å². The Morgan fingerprint density at radius 1 is 1.09 bits per heavy atom. The van der Waals surface area contributed by atoms with Crippen LogP contribution in [0.25, 0.3) is 11.3 Å². The lowest BCUT2D eigenvalue weighted by Crippen LogP contribution is -1.99. The topological polar surface area (TPSA) is 35.0 Å². The van der Waals surface area contributed by atoms with E-state index in [1.54, 1.807) is 24.7 Å². The third-order valence-electron chi connectivity index (χ3n) is 3.36. The maximum atomic E-state index is 14.2. The van der Waals surface area contributed by atoms with Gasteiger partial charge in [0, 0.05) is 18.0 Å². The molecule has 0 bridgehead atoms. The predicted octanol–water partition coefficient (Wildman–Crippen LogP) is 4.17. The Bertz CT molecular complexity index is 761. The molecule has 1 aromatic heterocycles. The molecule has 0 fully saturated rings. The Balaban J connectivity index is 1.84. The minimum Gasteiger partial charge on any atom is -0.486 e. The summed E-state index contributed by atoms with van der Waals surface area (Å²) in [5.74, 6) is -0.156. The molecule has 0 unspecified atom stereocenters. The van der Waals surface area contributed by atoms with E-state index in [0.29, 0.717) is 12.3 Å². The van der Waals surface area contributed by atoms with Crippen molar-refractivity contribution in [3.8, 4) is 17.0 Å². The zero-order chi connectivity index (χ0) is 15.4. The van der Waals surface area contributed by atoms with Crippen LogP contribution in [0, 0.1) is 12.7 Å². The number of ether oxygens (including phenoxy) is 1. The smallest absolute Gasteiger partial charge is 0.165 e. The molecule has 3 aromatic rings. The molecule has 3 rings (SSSR count). The van der Waals surface area contributed by atoms with Crippen molar-refractivity contribution in [2.45, 2.75) is 13.5 Å². The second-order valence-electron chi connectivity index (χ2n) is 4.96. The van der Waals surface area contributed by atoms with Crippen molar-refractivity contribution >= 4 is 0 Å². The maximum absolute atomic E-state index is 14.2. The number of benzene rings is 2. The summed E-state index contributed by atoms with van der Waals surface area (Å²) in [5, 5.41) is 0. The number of nitrogens with zero attached hydrogens (tertiary/aromatic N) is 2. The fourth-order valence-corrected chi connectivity index (χ4v) is 2.22. The number of halogens is 1. The van der Waals surface area contributed by atoms with Crippen molar-refractivity contribution < 1.29 is 9.13 Å². The highest BCUT2D eigenvalue weighted by Gasteiger charge is 2.11. The molecule has 0 aliphatic heterocycles. The highest BCUT2D eigenvalue weighted by atomic mass is 19.1. The van der Waals surface area contributed by atoms with Crippen LogP contribution in [0.5, 0.6) is 5.75 Å². The van der Waals surface area contributed by atoms with Gasteiger partial charge in [-0.1, -0.05) is 30.3 Å². The zero-order valence-corrected chi connectivity index (χ0v) is 12.2. The van der Waals surface area contributed by atoms with Crippen LogP contribution in [-0.4, -0.2) is 9.97 Å². The molecule has 0 aliphatic carbocycles. The van der Waals surface area contributed by atoms with Gasteiger partial charge in [-0.2, -0.15) is 0 Å². The maximum Gasteiger partial charge on any atom is 0.165 e. The lowest BCUT2D eigenvalue weighted by Gasteiger charge is -2.11. The van der Waals surface area contributed by atoms with Gasteiger partial charge in [-0.25, -0.2) is 4.39 Å². The van der Waals surface area contributed by atoms with Crippen LogP contribution in [-0.2, 0) is 6.61 Å². The summed E-state index contributed by atoms with van der Waals surface area (Å²) >= 11 is 0. The van der Waals surface area contributed by atoms with E-state index in [2.05, 4.69) is 9.97 Å². The van der Waals surface area contributed by atoms with Crippen molar-refractivity contribution in [3.63, 3.8) is 0 Å². The summed E-state index contributed by atoms with van der Waals surface area (Å²) in [7, 11) is 0. The largest absolute Gasteiger partial charge is 0.486 e. The van der Waals surface area contributed by atoms with Gasteiger partial charge in [0.05, 0.1) is 11.9 Å².